The molecule has 1 fully saturated rings. The standard InChI is InChI=1S/C16H18NOS/c1-2-18-16(12-19-11-10-17-16)15-9-5-7-13-6-3-4-8-14(13)15/h3-9H,2,10-12H2,1H3. The van der Waals surface area contributed by atoms with Crippen molar-refractivity contribution in [1.82, 2.24) is 5.32 Å². The van der Waals surface area contributed by atoms with Gasteiger partial charge >= 0.3 is 0 Å². The first kappa shape index (κ1) is 13.0. The summed E-state index contributed by atoms with van der Waals surface area (Å²) in [6.45, 7) is 3.60. The molecule has 1 saturated heterocycles. The minimum absolute atomic E-state index is 0.460. The van der Waals surface area contributed by atoms with Gasteiger partial charge in [-0.15, -0.1) is 0 Å². The van der Waals surface area contributed by atoms with Gasteiger partial charge in [-0.2, -0.15) is 11.8 Å². The van der Waals surface area contributed by atoms with Gasteiger partial charge in [-0.05, 0) is 17.7 Å². The molecule has 1 aliphatic rings. The van der Waals surface area contributed by atoms with E-state index in [2.05, 4.69) is 42.5 Å². The Kier molecular flexibility index (Phi) is 3.78. The van der Waals surface area contributed by atoms with Gasteiger partial charge in [0, 0.05) is 30.2 Å². The Labute approximate surface area is 118 Å². The van der Waals surface area contributed by atoms with Crippen LogP contribution in [0, 0.1) is 0 Å². The number of rotatable bonds is 3. The highest BCUT2D eigenvalue weighted by Gasteiger charge is 2.37. The maximum atomic E-state index is 6.08. The third-order valence-electron chi connectivity index (χ3n) is 3.49. The molecule has 0 aliphatic carbocycles. The summed E-state index contributed by atoms with van der Waals surface area (Å²) >= 11 is 1.93. The fraction of sp³-hybridized carbons (Fsp3) is 0.375. The van der Waals surface area contributed by atoms with E-state index in [1.54, 1.807) is 0 Å². The molecule has 2 nitrogen and oxygen atoms in total. The van der Waals surface area contributed by atoms with Crippen molar-refractivity contribution in [3.05, 3.63) is 48.0 Å². The summed E-state index contributed by atoms with van der Waals surface area (Å²) in [6.07, 6.45) is 0. The number of fused-ring (bicyclic) bond motifs is 1. The van der Waals surface area contributed by atoms with Gasteiger partial charge in [0.2, 0.25) is 0 Å². The molecule has 0 spiro atoms. The molecule has 19 heavy (non-hydrogen) atoms. The number of hydrogen-bond donors (Lipinski definition) is 0. The first-order valence-corrected chi connectivity index (χ1v) is 7.90. The molecule has 3 heteroatoms. The zero-order chi connectivity index (χ0) is 13.1. The molecule has 0 bridgehead atoms. The molecule has 0 aromatic heterocycles. The van der Waals surface area contributed by atoms with Crippen LogP contribution in [-0.4, -0.2) is 24.7 Å². The van der Waals surface area contributed by atoms with Crippen molar-refractivity contribution in [2.75, 3.05) is 24.7 Å². The van der Waals surface area contributed by atoms with Crippen LogP contribution in [0.2, 0.25) is 0 Å². The van der Waals surface area contributed by atoms with E-state index in [-0.39, 0.29) is 0 Å². The van der Waals surface area contributed by atoms with Crippen LogP contribution in [0.3, 0.4) is 0 Å². The molecule has 3 rings (SSSR count). The van der Waals surface area contributed by atoms with Gasteiger partial charge in [0.25, 0.3) is 0 Å². The number of hydrogen-bond acceptors (Lipinski definition) is 2. The third-order valence-corrected chi connectivity index (χ3v) is 4.56. The van der Waals surface area contributed by atoms with E-state index >= 15 is 0 Å². The van der Waals surface area contributed by atoms with Crippen molar-refractivity contribution in [2.24, 2.45) is 0 Å². The van der Waals surface area contributed by atoms with Crippen LogP contribution in [0.25, 0.3) is 10.8 Å². The molecule has 1 atom stereocenters. The Morgan fingerprint density at radius 1 is 1.21 bits per heavy atom. The number of benzene rings is 2. The highest BCUT2D eigenvalue weighted by Crippen LogP contribution is 2.35. The Morgan fingerprint density at radius 3 is 2.84 bits per heavy atom. The number of nitrogens with zero attached hydrogens (tertiary/aromatic N) is 1. The van der Waals surface area contributed by atoms with E-state index < -0.39 is 5.72 Å². The molecule has 0 amide bonds. The lowest BCUT2D eigenvalue weighted by molar-refractivity contribution is -0.0551. The van der Waals surface area contributed by atoms with E-state index in [1.807, 2.05) is 18.7 Å². The number of ether oxygens (including phenoxy) is 1. The maximum Gasteiger partial charge on any atom is 0.169 e. The van der Waals surface area contributed by atoms with Crippen molar-refractivity contribution in [3.63, 3.8) is 0 Å². The second kappa shape index (κ2) is 5.53. The molecule has 99 valence electrons. The predicted octanol–water partition coefficient (Wildman–Crippen LogP) is 3.38. The van der Waals surface area contributed by atoms with Crippen LogP contribution in [0.1, 0.15) is 12.5 Å². The minimum Gasteiger partial charge on any atom is -0.354 e. The molecule has 0 saturated carbocycles. The minimum atomic E-state index is -0.460. The zero-order valence-electron chi connectivity index (χ0n) is 11.1. The summed E-state index contributed by atoms with van der Waals surface area (Å²) in [4.78, 5) is 0. The summed E-state index contributed by atoms with van der Waals surface area (Å²) in [5.41, 5.74) is 0.748. The predicted molar refractivity (Wildman–Crippen MR) is 81.6 cm³/mol. The Bertz CT molecular complexity index is 553. The van der Waals surface area contributed by atoms with Gasteiger partial charge in [-0.3, -0.25) is 0 Å². The molecule has 1 aliphatic heterocycles. The summed E-state index contributed by atoms with van der Waals surface area (Å²) in [6, 6.07) is 14.9. The van der Waals surface area contributed by atoms with Gasteiger partial charge < -0.3 is 4.74 Å². The fourth-order valence-electron chi connectivity index (χ4n) is 2.68. The zero-order valence-corrected chi connectivity index (χ0v) is 12.0. The van der Waals surface area contributed by atoms with E-state index in [9.17, 15) is 0 Å². The fourth-order valence-corrected chi connectivity index (χ4v) is 3.65. The molecule has 1 unspecified atom stereocenters. The topological polar surface area (TPSA) is 23.3 Å². The molecular weight excluding hydrogens is 254 g/mol. The summed E-state index contributed by atoms with van der Waals surface area (Å²) in [5.74, 6) is 2.01. The van der Waals surface area contributed by atoms with Crippen LogP contribution in [-0.2, 0) is 10.5 Å². The summed E-state index contributed by atoms with van der Waals surface area (Å²) < 4.78 is 6.08. The Morgan fingerprint density at radius 2 is 2.05 bits per heavy atom. The Hall–Kier alpha value is -1.03. The first-order valence-electron chi connectivity index (χ1n) is 6.74. The second-order valence-electron chi connectivity index (χ2n) is 4.68. The molecule has 2 aromatic carbocycles. The maximum absolute atomic E-state index is 6.08. The van der Waals surface area contributed by atoms with Crippen molar-refractivity contribution >= 4 is 22.5 Å². The van der Waals surface area contributed by atoms with Crippen LogP contribution in [0.5, 0.6) is 0 Å². The second-order valence-corrected chi connectivity index (χ2v) is 5.78. The van der Waals surface area contributed by atoms with Crippen molar-refractivity contribution < 1.29 is 4.74 Å². The largest absolute Gasteiger partial charge is 0.354 e. The smallest absolute Gasteiger partial charge is 0.169 e. The van der Waals surface area contributed by atoms with Gasteiger partial charge in [0.15, 0.2) is 5.72 Å². The normalized spacial score (nSPS) is 23.6. The number of thioether (sulfide) groups is 1. The molecule has 0 N–H and O–H groups in total. The summed E-state index contributed by atoms with van der Waals surface area (Å²) in [5, 5.41) is 7.34. The first-order chi connectivity index (χ1) is 9.36. The van der Waals surface area contributed by atoms with Gasteiger partial charge in [-0.25, -0.2) is 5.32 Å². The van der Waals surface area contributed by atoms with Gasteiger partial charge in [-0.1, -0.05) is 42.5 Å². The Balaban J connectivity index is 2.14. The molecule has 1 radical (unpaired) electrons. The van der Waals surface area contributed by atoms with E-state index in [1.165, 1.54) is 16.3 Å². The van der Waals surface area contributed by atoms with E-state index in [0.717, 1.165) is 18.1 Å². The van der Waals surface area contributed by atoms with Gasteiger partial charge in [0.1, 0.15) is 0 Å². The average Bonchev–Trinajstić information content (AvgIpc) is 2.48. The van der Waals surface area contributed by atoms with E-state index in [0.29, 0.717) is 6.61 Å². The highest BCUT2D eigenvalue weighted by atomic mass is 32.2. The van der Waals surface area contributed by atoms with Crippen LogP contribution >= 0.6 is 11.8 Å². The van der Waals surface area contributed by atoms with Gasteiger partial charge in [0.05, 0.1) is 0 Å². The molecular formula is C16H18NOS. The SMILES string of the molecule is CCOC1(c2cccc3ccccc23)CSCC[N]1. The van der Waals surface area contributed by atoms with Crippen LogP contribution in [0.15, 0.2) is 42.5 Å². The lowest BCUT2D eigenvalue weighted by Crippen LogP contribution is -2.46. The van der Waals surface area contributed by atoms with E-state index in [4.69, 9.17) is 10.1 Å². The molecule has 1 heterocycles. The highest BCUT2D eigenvalue weighted by molar-refractivity contribution is 7.99. The monoisotopic (exact) mass is 272 g/mol. The summed E-state index contributed by atoms with van der Waals surface area (Å²) in [7, 11) is 0. The third kappa shape index (κ3) is 2.38. The molecule has 2 aromatic rings. The lowest BCUT2D eigenvalue weighted by Gasteiger charge is -2.37. The average molecular weight is 272 g/mol. The van der Waals surface area contributed by atoms with Crippen molar-refractivity contribution in [1.29, 1.82) is 0 Å². The lowest BCUT2D eigenvalue weighted by atomic mass is 9.96. The van der Waals surface area contributed by atoms with Crippen molar-refractivity contribution in [3.8, 4) is 0 Å². The van der Waals surface area contributed by atoms with Crippen LogP contribution < -0.4 is 5.32 Å². The van der Waals surface area contributed by atoms with Crippen LogP contribution in [0.4, 0.5) is 0 Å². The van der Waals surface area contributed by atoms with Crippen molar-refractivity contribution in [2.45, 2.75) is 12.6 Å². The quantitative estimate of drug-likeness (QED) is 0.855.